The van der Waals surface area contributed by atoms with Crippen molar-refractivity contribution < 1.29 is 39.5 Å². The fourth-order valence-electron chi connectivity index (χ4n) is 6.40. The van der Waals surface area contributed by atoms with Crippen LogP contribution in [0.2, 0.25) is 0 Å². The van der Waals surface area contributed by atoms with Crippen molar-refractivity contribution in [2.24, 2.45) is 0 Å². The van der Waals surface area contributed by atoms with Gasteiger partial charge in [0.1, 0.15) is 23.3 Å². The van der Waals surface area contributed by atoms with E-state index in [1.165, 1.54) is 24.3 Å². The number of nitrogens with one attached hydrogen (secondary N) is 4. The summed E-state index contributed by atoms with van der Waals surface area (Å²) >= 11 is 5.44. The highest BCUT2D eigenvalue weighted by atomic mass is 32.1. The zero-order valence-electron chi connectivity index (χ0n) is 28.0. The van der Waals surface area contributed by atoms with E-state index in [0.717, 1.165) is 16.5 Å². The second kappa shape index (κ2) is 16.0. The molecule has 12 nitrogen and oxygen atoms in total. The van der Waals surface area contributed by atoms with Crippen LogP contribution in [0.25, 0.3) is 16.5 Å². The van der Waals surface area contributed by atoms with Gasteiger partial charge in [-0.3, -0.25) is 4.79 Å². The van der Waals surface area contributed by atoms with Gasteiger partial charge in [0, 0.05) is 58.5 Å². The van der Waals surface area contributed by atoms with Gasteiger partial charge in [-0.25, -0.2) is 9.59 Å². The van der Waals surface area contributed by atoms with Crippen LogP contribution in [0.15, 0.2) is 96.4 Å². The van der Waals surface area contributed by atoms with Crippen LogP contribution >= 0.6 is 12.2 Å². The number of aliphatic hydroxyl groups is 1. The van der Waals surface area contributed by atoms with Gasteiger partial charge in [-0.15, -0.1) is 0 Å². The zero-order chi connectivity index (χ0) is 36.8. The third-order valence-corrected chi connectivity index (χ3v) is 9.16. The number of carbonyl (C=O) groups excluding carboxylic acids is 1. The SMILES string of the molecule is O=C(CCCc1c[nH]c2ccccc12)NC(CCCCNC(=S)Nc1ccc(C2=C3C=CC(O)C=C3Oc3cc(O)ccc32)c(C(=O)O)c1)C(=O)O. The number of carbonyl (C=O) groups is 3. The number of unbranched alkanes of at least 4 members (excludes halogenated alkanes) is 1. The number of thiocarbonyl (C=S) groups is 1. The fraction of sp³-hybridized carbons (Fsp3) is 0.231. The van der Waals surface area contributed by atoms with Crippen LogP contribution in [0.4, 0.5) is 5.69 Å². The molecule has 13 heteroatoms. The van der Waals surface area contributed by atoms with Gasteiger partial charge in [0.2, 0.25) is 5.91 Å². The van der Waals surface area contributed by atoms with Crippen molar-refractivity contribution >= 4 is 57.3 Å². The van der Waals surface area contributed by atoms with Crippen LogP contribution in [0.5, 0.6) is 11.5 Å². The van der Waals surface area contributed by atoms with Gasteiger partial charge in [-0.2, -0.15) is 0 Å². The summed E-state index contributed by atoms with van der Waals surface area (Å²) in [4.78, 5) is 40.1. The number of fused-ring (bicyclic) bond motifs is 3. The number of carboxylic acid groups (broad SMARTS) is 2. The van der Waals surface area contributed by atoms with Crippen molar-refractivity contribution in [3.8, 4) is 11.5 Å². The number of hydrogen-bond donors (Lipinski definition) is 8. The van der Waals surface area contributed by atoms with Crippen LogP contribution in [-0.4, -0.2) is 67.1 Å². The first kappa shape index (κ1) is 35.9. The molecular formula is C39H38N4O8S. The summed E-state index contributed by atoms with van der Waals surface area (Å²) < 4.78 is 5.95. The molecular weight excluding hydrogens is 685 g/mol. The summed E-state index contributed by atoms with van der Waals surface area (Å²) in [5, 5.41) is 50.2. The maximum absolute atomic E-state index is 12.5. The summed E-state index contributed by atoms with van der Waals surface area (Å²) in [7, 11) is 0. The maximum atomic E-state index is 12.5. The summed E-state index contributed by atoms with van der Waals surface area (Å²) in [6.07, 6.45) is 8.69. The molecule has 2 heterocycles. The molecule has 1 aromatic heterocycles. The minimum atomic E-state index is -1.17. The first-order valence-electron chi connectivity index (χ1n) is 16.9. The summed E-state index contributed by atoms with van der Waals surface area (Å²) in [5.41, 5.74) is 4.74. The Morgan fingerprint density at radius 2 is 1.79 bits per heavy atom. The van der Waals surface area contributed by atoms with E-state index in [4.69, 9.17) is 17.0 Å². The third-order valence-electron chi connectivity index (χ3n) is 8.91. The van der Waals surface area contributed by atoms with Crippen LogP contribution < -0.4 is 20.7 Å². The predicted octanol–water partition coefficient (Wildman–Crippen LogP) is 5.63. The predicted molar refractivity (Wildman–Crippen MR) is 200 cm³/mol. The highest BCUT2D eigenvalue weighted by Crippen LogP contribution is 2.45. The normalized spacial score (nSPS) is 15.2. The molecule has 1 amide bonds. The standard InChI is InChI=1S/C39H38N4O8S/c44-24-12-15-28-33(19-24)51-34-20-25(45)13-16-29(34)36(28)27-14-11-23(18-30(27)37(47)48)42-39(52)40-17-4-3-9-32(38(49)50)43-35(46)10-5-6-22-21-41-31-8-2-1-7-26(22)31/h1-2,7-8,11-16,18-21,24,32,41,44-45H,3-6,9-10,17H2,(H,43,46)(H,47,48)(H,49,50)(H2,40,42,52). The Hall–Kier alpha value is -5.92. The first-order valence-corrected chi connectivity index (χ1v) is 17.3. The van der Waals surface area contributed by atoms with Crippen molar-refractivity contribution in [3.05, 3.63) is 119 Å². The largest absolute Gasteiger partial charge is 0.508 e. The second-order valence-corrected chi connectivity index (χ2v) is 13.0. The Bertz CT molecular complexity index is 2140. The molecule has 0 spiro atoms. The number of phenolic OH excluding ortho intramolecular Hbond substituents is 1. The van der Waals surface area contributed by atoms with Gasteiger partial charge in [0.25, 0.3) is 0 Å². The van der Waals surface area contributed by atoms with E-state index in [0.29, 0.717) is 71.7 Å². The van der Waals surface area contributed by atoms with Crippen molar-refractivity contribution in [1.82, 2.24) is 15.6 Å². The number of H-pyrrole nitrogens is 1. The van der Waals surface area contributed by atoms with Crippen molar-refractivity contribution in [2.75, 3.05) is 11.9 Å². The number of phenols is 1. The van der Waals surface area contributed by atoms with E-state index in [-0.39, 0.29) is 35.2 Å². The zero-order valence-corrected chi connectivity index (χ0v) is 28.8. The molecule has 0 radical (unpaired) electrons. The Labute approximate surface area is 304 Å². The van der Waals surface area contributed by atoms with Gasteiger partial charge in [-0.05, 0) is 91.9 Å². The number of aromatic amines is 1. The fourth-order valence-corrected chi connectivity index (χ4v) is 6.62. The van der Waals surface area contributed by atoms with E-state index in [9.17, 15) is 34.8 Å². The number of aliphatic hydroxyl groups excluding tert-OH is 1. The molecule has 0 saturated heterocycles. The summed E-state index contributed by atoms with van der Waals surface area (Å²) in [6, 6.07) is 16.4. The molecule has 0 bridgehead atoms. The van der Waals surface area contributed by atoms with Gasteiger partial charge in [0.15, 0.2) is 5.11 Å². The lowest BCUT2D eigenvalue weighted by molar-refractivity contribution is -0.142. The molecule has 2 atom stereocenters. The van der Waals surface area contributed by atoms with Crippen LogP contribution in [-0.2, 0) is 16.0 Å². The lowest BCUT2D eigenvalue weighted by Crippen LogP contribution is -2.40. The Balaban J connectivity index is 1.00. The molecule has 6 rings (SSSR count). The number of benzene rings is 3. The number of aromatic carboxylic acids is 1. The molecule has 8 N–H and O–H groups in total. The molecule has 0 fully saturated rings. The van der Waals surface area contributed by atoms with Crippen molar-refractivity contribution in [1.29, 1.82) is 0 Å². The molecule has 3 aromatic carbocycles. The third kappa shape index (κ3) is 8.33. The molecule has 2 unspecified atom stereocenters. The monoisotopic (exact) mass is 722 g/mol. The number of para-hydroxylation sites is 1. The summed E-state index contributed by atoms with van der Waals surface area (Å²) in [5.74, 6) is -1.91. The number of carboxylic acids is 2. The number of aromatic hydroxyl groups is 1. The number of anilines is 1. The van der Waals surface area contributed by atoms with Gasteiger partial charge in [0.05, 0.1) is 11.7 Å². The summed E-state index contributed by atoms with van der Waals surface area (Å²) in [6.45, 7) is 0.424. The van der Waals surface area contributed by atoms with E-state index < -0.39 is 24.1 Å². The number of ether oxygens (including phenoxy) is 1. The average Bonchev–Trinajstić information content (AvgIpc) is 3.52. The van der Waals surface area contributed by atoms with Gasteiger partial charge in [-0.1, -0.05) is 36.4 Å². The second-order valence-electron chi connectivity index (χ2n) is 12.6. The van der Waals surface area contributed by atoms with E-state index in [1.807, 2.05) is 30.5 Å². The molecule has 4 aromatic rings. The van der Waals surface area contributed by atoms with Crippen LogP contribution in [0, 0.1) is 0 Å². The number of aryl methyl sites for hydroxylation is 1. The molecule has 1 aliphatic heterocycles. The minimum Gasteiger partial charge on any atom is -0.508 e. The quantitative estimate of drug-likeness (QED) is 0.0594. The van der Waals surface area contributed by atoms with E-state index in [1.54, 1.807) is 30.4 Å². The number of hydrogen-bond acceptors (Lipinski definition) is 7. The number of rotatable bonds is 14. The first-order chi connectivity index (χ1) is 25.1. The van der Waals surface area contributed by atoms with Crippen molar-refractivity contribution in [2.45, 2.75) is 50.7 Å². The maximum Gasteiger partial charge on any atom is 0.336 e. The van der Waals surface area contributed by atoms with Crippen LogP contribution in [0.3, 0.4) is 0 Å². The van der Waals surface area contributed by atoms with Gasteiger partial charge >= 0.3 is 11.9 Å². The molecule has 0 saturated carbocycles. The molecule has 52 heavy (non-hydrogen) atoms. The van der Waals surface area contributed by atoms with E-state index in [2.05, 4.69) is 20.9 Å². The highest BCUT2D eigenvalue weighted by Gasteiger charge is 2.29. The lowest BCUT2D eigenvalue weighted by atomic mass is 9.85. The number of aromatic nitrogens is 1. The highest BCUT2D eigenvalue weighted by molar-refractivity contribution is 7.80. The number of aliphatic carboxylic acids is 1. The molecule has 1 aliphatic carbocycles. The smallest absolute Gasteiger partial charge is 0.336 e. The number of allylic oxidation sites excluding steroid dienone is 1. The Morgan fingerprint density at radius 1 is 0.981 bits per heavy atom. The Kier molecular flexibility index (Phi) is 11.0. The minimum absolute atomic E-state index is 0.00480. The van der Waals surface area contributed by atoms with Crippen molar-refractivity contribution in [3.63, 3.8) is 0 Å². The number of amides is 1. The average molecular weight is 723 g/mol. The van der Waals surface area contributed by atoms with Crippen LogP contribution in [0.1, 0.15) is 59.2 Å². The van der Waals surface area contributed by atoms with E-state index >= 15 is 0 Å². The Morgan fingerprint density at radius 3 is 2.60 bits per heavy atom. The topological polar surface area (TPSA) is 193 Å². The molecule has 2 aliphatic rings. The molecule has 268 valence electrons. The lowest BCUT2D eigenvalue weighted by Gasteiger charge is -2.28. The van der Waals surface area contributed by atoms with Gasteiger partial charge < -0.3 is 46.1 Å².